The third-order valence-corrected chi connectivity index (χ3v) is 6.60. The molecule has 4 aromatic rings. The molecule has 0 saturated carbocycles. The van der Waals surface area contributed by atoms with Gasteiger partial charge < -0.3 is 5.11 Å². The first-order valence-corrected chi connectivity index (χ1v) is 11.0. The van der Waals surface area contributed by atoms with Crippen molar-refractivity contribution >= 4 is 45.5 Å². The van der Waals surface area contributed by atoms with Crippen LogP contribution in [0.2, 0.25) is 5.02 Å². The number of hydrogen-bond acceptors (Lipinski definition) is 3. The van der Waals surface area contributed by atoms with Gasteiger partial charge in [-0.1, -0.05) is 35.9 Å². The zero-order chi connectivity index (χ0) is 19.9. The summed E-state index contributed by atoms with van der Waals surface area (Å²) in [5.41, 5.74) is 2.44. The number of thiophene rings is 1. The van der Waals surface area contributed by atoms with Gasteiger partial charge in [0.25, 0.3) is 0 Å². The van der Waals surface area contributed by atoms with Gasteiger partial charge in [0, 0.05) is 8.45 Å². The maximum absolute atomic E-state index is 10.5. The average molecular weight is 521 g/mol. The van der Waals surface area contributed by atoms with Gasteiger partial charge in [0.05, 0.1) is 27.0 Å². The van der Waals surface area contributed by atoms with Gasteiger partial charge in [-0.3, -0.25) is 0 Å². The van der Waals surface area contributed by atoms with Crippen molar-refractivity contribution in [2.45, 2.75) is 19.4 Å². The van der Waals surface area contributed by atoms with Gasteiger partial charge in [-0.15, -0.1) is 11.3 Å². The second kappa shape index (κ2) is 7.63. The lowest BCUT2D eigenvalue weighted by atomic mass is 10.1. The summed E-state index contributed by atoms with van der Waals surface area (Å²) in [5, 5.41) is 15.8. The van der Waals surface area contributed by atoms with Crippen LogP contribution in [0.25, 0.3) is 26.7 Å². The lowest BCUT2D eigenvalue weighted by molar-refractivity contribution is 0.0734. The standard InChI is InChI=1S/C22H18ClIN2OS/c1-22(2,27)21-13-18(26(25-21)17-6-4-3-5-16(17)23)20-12-11-19(28-20)14-7-9-15(24)10-8-14/h3-13,27H,1-2H3. The van der Waals surface area contributed by atoms with Crippen LogP contribution in [0.1, 0.15) is 19.5 Å². The molecule has 0 spiro atoms. The van der Waals surface area contributed by atoms with E-state index < -0.39 is 5.60 Å². The maximum atomic E-state index is 10.5. The summed E-state index contributed by atoms with van der Waals surface area (Å²) in [6, 6.07) is 22.2. The number of benzene rings is 2. The Kier molecular flexibility index (Phi) is 5.35. The molecule has 0 amide bonds. The van der Waals surface area contributed by atoms with Crippen LogP contribution >= 0.6 is 45.5 Å². The van der Waals surface area contributed by atoms with Crippen LogP contribution in [0.15, 0.2) is 66.7 Å². The van der Waals surface area contributed by atoms with Crippen LogP contribution in [-0.4, -0.2) is 14.9 Å². The molecule has 1 N–H and O–H groups in total. The van der Waals surface area contributed by atoms with Crippen LogP contribution in [0, 0.1) is 3.57 Å². The van der Waals surface area contributed by atoms with Gasteiger partial charge in [-0.05, 0) is 84.5 Å². The van der Waals surface area contributed by atoms with Crippen molar-refractivity contribution in [1.29, 1.82) is 0 Å². The Morgan fingerprint density at radius 3 is 2.36 bits per heavy atom. The quantitative estimate of drug-likeness (QED) is 0.302. The molecule has 0 fully saturated rings. The van der Waals surface area contributed by atoms with E-state index in [9.17, 15) is 5.11 Å². The first-order chi connectivity index (χ1) is 13.3. The van der Waals surface area contributed by atoms with Gasteiger partial charge in [-0.2, -0.15) is 5.10 Å². The molecule has 0 aliphatic rings. The Morgan fingerprint density at radius 1 is 1.00 bits per heavy atom. The molecule has 0 unspecified atom stereocenters. The van der Waals surface area contributed by atoms with Crippen molar-refractivity contribution in [2.75, 3.05) is 0 Å². The van der Waals surface area contributed by atoms with Crippen molar-refractivity contribution in [3.63, 3.8) is 0 Å². The Hall–Kier alpha value is -1.67. The molecule has 28 heavy (non-hydrogen) atoms. The Labute approximate surface area is 186 Å². The summed E-state index contributed by atoms with van der Waals surface area (Å²) in [5.74, 6) is 0. The van der Waals surface area contributed by atoms with Crippen LogP contribution in [0.3, 0.4) is 0 Å². The largest absolute Gasteiger partial charge is 0.384 e. The number of hydrogen-bond donors (Lipinski definition) is 1. The molecule has 0 bridgehead atoms. The Balaban J connectivity index is 1.84. The van der Waals surface area contributed by atoms with E-state index in [1.54, 1.807) is 25.2 Å². The first-order valence-electron chi connectivity index (χ1n) is 8.77. The van der Waals surface area contributed by atoms with E-state index in [0.717, 1.165) is 16.3 Å². The van der Waals surface area contributed by atoms with Crippen molar-refractivity contribution in [3.8, 4) is 26.7 Å². The Morgan fingerprint density at radius 2 is 1.68 bits per heavy atom. The molecule has 142 valence electrons. The normalized spacial score (nSPS) is 11.8. The molecule has 0 radical (unpaired) electrons. The smallest absolute Gasteiger partial charge is 0.103 e. The fourth-order valence-electron chi connectivity index (χ4n) is 2.91. The van der Waals surface area contributed by atoms with E-state index >= 15 is 0 Å². The predicted molar refractivity (Wildman–Crippen MR) is 125 cm³/mol. The molecule has 6 heteroatoms. The van der Waals surface area contributed by atoms with E-state index in [1.807, 2.05) is 35.0 Å². The molecule has 0 saturated heterocycles. The average Bonchev–Trinajstić information content (AvgIpc) is 3.29. The highest BCUT2D eigenvalue weighted by Gasteiger charge is 2.24. The second-order valence-corrected chi connectivity index (χ2v) is 9.74. The van der Waals surface area contributed by atoms with Crippen molar-refractivity contribution in [1.82, 2.24) is 9.78 Å². The SMILES string of the molecule is CC(C)(O)c1cc(-c2ccc(-c3ccc(I)cc3)s2)n(-c2ccccc2Cl)n1. The number of rotatable bonds is 4. The lowest BCUT2D eigenvalue weighted by Gasteiger charge is -2.13. The van der Waals surface area contributed by atoms with Gasteiger partial charge in [0.1, 0.15) is 5.60 Å². The van der Waals surface area contributed by atoms with Crippen molar-refractivity contribution in [3.05, 3.63) is 81.0 Å². The zero-order valence-electron chi connectivity index (χ0n) is 15.4. The number of halogens is 2. The summed E-state index contributed by atoms with van der Waals surface area (Å²) < 4.78 is 3.03. The fourth-order valence-corrected chi connectivity index (χ4v) is 4.50. The molecule has 2 aromatic heterocycles. The third kappa shape index (κ3) is 3.89. The summed E-state index contributed by atoms with van der Waals surface area (Å²) >= 11 is 10.4. The monoisotopic (exact) mass is 520 g/mol. The highest BCUT2D eigenvalue weighted by Crippen LogP contribution is 2.38. The summed E-state index contributed by atoms with van der Waals surface area (Å²) in [4.78, 5) is 2.25. The number of aliphatic hydroxyl groups is 1. The maximum Gasteiger partial charge on any atom is 0.103 e. The molecule has 0 atom stereocenters. The summed E-state index contributed by atoms with van der Waals surface area (Å²) in [6.45, 7) is 3.48. The number of nitrogens with zero attached hydrogens (tertiary/aromatic N) is 2. The summed E-state index contributed by atoms with van der Waals surface area (Å²) in [6.07, 6.45) is 0. The molecule has 0 aliphatic carbocycles. The predicted octanol–water partition coefficient (Wildman–Crippen LogP) is 6.75. The topological polar surface area (TPSA) is 38.0 Å². The number of aromatic nitrogens is 2. The fraction of sp³-hybridized carbons (Fsp3) is 0.136. The van der Waals surface area contributed by atoms with E-state index in [0.29, 0.717) is 10.7 Å². The minimum absolute atomic E-state index is 0.603. The molecular weight excluding hydrogens is 503 g/mol. The molecule has 4 rings (SSSR count). The van der Waals surface area contributed by atoms with Gasteiger partial charge in [-0.25, -0.2) is 4.68 Å². The van der Waals surface area contributed by atoms with Crippen LogP contribution in [-0.2, 0) is 5.60 Å². The third-order valence-electron chi connectivity index (χ3n) is 4.40. The van der Waals surface area contributed by atoms with Crippen molar-refractivity contribution < 1.29 is 5.11 Å². The number of para-hydroxylation sites is 1. The molecule has 0 aliphatic heterocycles. The Bertz CT molecular complexity index is 1130. The van der Waals surface area contributed by atoms with E-state index in [4.69, 9.17) is 11.6 Å². The van der Waals surface area contributed by atoms with Gasteiger partial charge in [0.15, 0.2) is 0 Å². The van der Waals surface area contributed by atoms with Crippen molar-refractivity contribution in [2.24, 2.45) is 0 Å². The first kappa shape index (κ1) is 19.6. The minimum atomic E-state index is -1.04. The van der Waals surface area contributed by atoms with Gasteiger partial charge in [0.2, 0.25) is 0 Å². The van der Waals surface area contributed by atoms with E-state index in [-0.39, 0.29) is 0 Å². The lowest BCUT2D eigenvalue weighted by Crippen LogP contribution is -2.16. The summed E-state index contributed by atoms with van der Waals surface area (Å²) in [7, 11) is 0. The minimum Gasteiger partial charge on any atom is -0.384 e. The molecule has 2 aromatic carbocycles. The molecule has 3 nitrogen and oxygen atoms in total. The van der Waals surface area contributed by atoms with Gasteiger partial charge >= 0.3 is 0 Å². The molecular formula is C22H18ClIN2OS. The van der Waals surface area contributed by atoms with Crippen LogP contribution < -0.4 is 0 Å². The highest BCUT2D eigenvalue weighted by molar-refractivity contribution is 14.1. The zero-order valence-corrected chi connectivity index (χ0v) is 19.1. The van der Waals surface area contributed by atoms with Crippen LogP contribution in [0.5, 0.6) is 0 Å². The van der Waals surface area contributed by atoms with Crippen LogP contribution in [0.4, 0.5) is 0 Å². The highest BCUT2D eigenvalue weighted by atomic mass is 127. The second-order valence-electron chi connectivity index (χ2n) is 7.01. The van der Waals surface area contributed by atoms with E-state index in [1.165, 1.54) is 14.0 Å². The molecule has 2 heterocycles. The van der Waals surface area contributed by atoms with E-state index in [2.05, 4.69) is 64.1 Å².